The van der Waals surface area contributed by atoms with Crippen molar-refractivity contribution in [2.45, 2.75) is 39.3 Å². The summed E-state index contributed by atoms with van der Waals surface area (Å²) in [6, 6.07) is 6.99. The maximum absolute atomic E-state index is 12.1. The van der Waals surface area contributed by atoms with E-state index in [2.05, 4.69) is 22.5 Å². The third-order valence-corrected chi connectivity index (χ3v) is 4.73. The summed E-state index contributed by atoms with van der Waals surface area (Å²) < 4.78 is 0. The van der Waals surface area contributed by atoms with E-state index in [1.54, 1.807) is 17.5 Å². The highest BCUT2D eigenvalue weighted by Gasteiger charge is 2.17. The monoisotopic (exact) mass is 333 g/mol. The van der Waals surface area contributed by atoms with Crippen molar-refractivity contribution in [3.63, 3.8) is 0 Å². The van der Waals surface area contributed by atoms with Crippen LogP contribution in [-0.4, -0.2) is 22.7 Å². The van der Waals surface area contributed by atoms with Gasteiger partial charge in [-0.1, -0.05) is 31.2 Å². The number of aromatic nitrogens is 1. The minimum atomic E-state index is -0.425. The number of carbonyl (C=O) groups is 1. The van der Waals surface area contributed by atoms with Crippen LogP contribution in [0.5, 0.6) is 0 Å². The summed E-state index contributed by atoms with van der Waals surface area (Å²) >= 11 is 1.56. The molecule has 2 amide bonds. The molecule has 0 radical (unpaired) electrons. The van der Waals surface area contributed by atoms with Crippen LogP contribution < -0.4 is 10.6 Å². The summed E-state index contributed by atoms with van der Waals surface area (Å²) in [5, 5.41) is 16.1. The molecule has 5 nitrogen and oxygen atoms in total. The number of urea groups is 1. The van der Waals surface area contributed by atoms with Crippen LogP contribution in [-0.2, 0) is 6.42 Å². The first-order valence-corrected chi connectivity index (χ1v) is 8.54. The molecule has 2 atom stereocenters. The third-order valence-electron chi connectivity index (χ3n) is 3.64. The number of amides is 2. The highest BCUT2D eigenvalue weighted by molar-refractivity contribution is 7.11. The maximum atomic E-state index is 12.1. The number of thiazole rings is 1. The topological polar surface area (TPSA) is 74.2 Å². The zero-order chi connectivity index (χ0) is 16.8. The highest BCUT2D eigenvalue weighted by Crippen LogP contribution is 2.19. The van der Waals surface area contributed by atoms with Crippen molar-refractivity contribution in [1.29, 1.82) is 0 Å². The van der Waals surface area contributed by atoms with Gasteiger partial charge in [-0.2, -0.15) is 0 Å². The van der Waals surface area contributed by atoms with Gasteiger partial charge < -0.3 is 15.7 Å². The molecule has 0 saturated carbocycles. The zero-order valence-corrected chi connectivity index (χ0v) is 14.5. The van der Waals surface area contributed by atoms with E-state index >= 15 is 0 Å². The molecule has 6 heteroatoms. The summed E-state index contributed by atoms with van der Waals surface area (Å²) in [5.41, 5.74) is 2.11. The average molecular weight is 333 g/mol. The smallest absolute Gasteiger partial charge is 0.315 e. The number of nitrogens with zero attached hydrogens (tertiary/aromatic N) is 1. The average Bonchev–Trinajstić information content (AvgIpc) is 2.99. The number of hydrogen-bond donors (Lipinski definition) is 3. The second-order valence-corrected chi connectivity index (χ2v) is 6.75. The second kappa shape index (κ2) is 8.08. The van der Waals surface area contributed by atoms with Gasteiger partial charge in [0, 0.05) is 11.1 Å². The first-order valence-electron chi connectivity index (χ1n) is 7.72. The number of aliphatic hydroxyl groups is 1. The Morgan fingerprint density at radius 1 is 1.30 bits per heavy atom. The lowest BCUT2D eigenvalue weighted by Crippen LogP contribution is -2.40. The molecule has 0 spiro atoms. The Balaban J connectivity index is 1.96. The standard InChI is InChI=1S/C17H23N3O2S/c1-4-13-5-7-14(8-6-13)15(10-21)20-17(22)19-12(3)16-18-9-11(2)23-16/h5-9,12,15,21H,4,10H2,1-3H3,(H2,19,20,22). The summed E-state index contributed by atoms with van der Waals surface area (Å²) in [4.78, 5) is 17.5. The molecular weight excluding hydrogens is 310 g/mol. The molecule has 0 bridgehead atoms. The normalized spacial score (nSPS) is 13.4. The molecule has 0 aliphatic heterocycles. The molecule has 23 heavy (non-hydrogen) atoms. The van der Waals surface area contributed by atoms with E-state index in [4.69, 9.17) is 0 Å². The maximum Gasteiger partial charge on any atom is 0.315 e. The zero-order valence-electron chi connectivity index (χ0n) is 13.7. The Kier molecular flexibility index (Phi) is 6.12. The number of carbonyl (C=O) groups excluding carboxylic acids is 1. The van der Waals surface area contributed by atoms with Crippen molar-refractivity contribution in [3.8, 4) is 0 Å². The third kappa shape index (κ3) is 4.77. The van der Waals surface area contributed by atoms with E-state index in [0.29, 0.717) is 0 Å². The molecule has 0 aliphatic rings. The predicted octanol–water partition coefficient (Wildman–Crippen LogP) is 3.11. The van der Waals surface area contributed by atoms with E-state index < -0.39 is 6.04 Å². The van der Waals surface area contributed by atoms with Gasteiger partial charge in [0.25, 0.3) is 0 Å². The van der Waals surface area contributed by atoms with Gasteiger partial charge in [0.2, 0.25) is 0 Å². The Morgan fingerprint density at radius 3 is 2.52 bits per heavy atom. The fourth-order valence-electron chi connectivity index (χ4n) is 2.25. The number of benzene rings is 1. The van der Waals surface area contributed by atoms with Gasteiger partial charge in [-0.05, 0) is 31.4 Å². The molecule has 1 heterocycles. The molecule has 2 unspecified atom stereocenters. The highest BCUT2D eigenvalue weighted by atomic mass is 32.1. The quantitative estimate of drug-likeness (QED) is 0.760. The van der Waals surface area contributed by atoms with Crippen molar-refractivity contribution in [1.82, 2.24) is 15.6 Å². The number of rotatable bonds is 6. The van der Waals surface area contributed by atoms with Crippen molar-refractivity contribution in [2.75, 3.05) is 6.61 Å². The van der Waals surface area contributed by atoms with Gasteiger partial charge in [-0.15, -0.1) is 11.3 Å². The first-order chi connectivity index (χ1) is 11.0. The van der Waals surface area contributed by atoms with Gasteiger partial charge >= 0.3 is 6.03 Å². The van der Waals surface area contributed by atoms with Crippen LogP contribution in [0.1, 0.15) is 46.9 Å². The summed E-state index contributed by atoms with van der Waals surface area (Å²) in [7, 11) is 0. The number of nitrogens with one attached hydrogen (secondary N) is 2. The fraction of sp³-hybridized carbons (Fsp3) is 0.412. The molecule has 1 aromatic carbocycles. The molecule has 0 saturated heterocycles. The van der Waals surface area contributed by atoms with Crippen LogP contribution in [0, 0.1) is 6.92 Å². The van der Waals surface area contributed by atoms with E-state index in [1.807, 2.05) is 38.1 Å². The summed E-state index contributed by atoms with van der Waals surface area (Å²) in [5.74, 6) is 0. The lowest BCUT2D eigenvalue weighted by molar-refractivity contribution is 0.214. The lowest BCUT2D eigenvalue weighted by atomic mass is 10.0. The molecule has 0 aliphatic carbocycles. The Morgan fingerprint density at radius 2 is 2.00 bits per heavy atom. The predicted molar refractivity (Wildman–Crippen MR) is 92.6 cm³/mol. The lowest BCUT2D eigenvalue weighted by Gasteiger charge is -2.19. The molecule has 1 aromatic heterocycles. The van der Waals surface area contributed by atoms with Crippen molar-refractivity contribution in [3.05, 3.63) is 51.5 Å². The number of hydrogen-bond acceptors (Lipinski definition) is 4. The molecule has 2 aromatic rings. The van der Waals surface area contributed by atoms with E-state index in [-0.39, 0.29) is 18.7 Å². The van der Waals surface area contributed by atoms with Gasteiger partial charge in [0.15, 0.2) is 0 Å². The summed E-state index contributed by atoms with van der Waals surface area (Å²) in [6.07, 6.45) is 2.75. The van der Waals surface area contributed by atoms with Crippen LogP contribution in [0.25, 0.3) is 0 Å². The SMILES string of the molecule is CCc1ccc(C(CO)NC(=O)NC(C)c2ncc(C)s2)cc1. The largest absolute Gasteiger partial charge is 0.394 e. The van der Waals surface area contributed by atoms with Crippen molar-refractivity contribution < 1.29 is 9.90 Å². The van der Waals surface area contributed by atoms with E-state index in [0.717, 1.165) is 21.9 Å². The van der Waals surface area contributed by atoms with Crippen molar-refractivity contribution in [2.24, 2.45) is 0 Å². The molecule has 124 valence electrons. The fourth-order valence-corrected chi connectivity index (χ4v) is 3.03. The Hall–Kier alpha value is -1.92. The Bertz CT molecular complexity index is 640. The van der Waals surface area contributed by atoms with Crippen molar-refractivity contribution >= 4 is 17.4 Å². The van der Waals surface area contributed by atoms with Crippen LogP contribution in [0.2, 0.25) is 0 Å². The van der Waals surface area contributed by atoms with Gasteiger partial charge in [0.05, 0.1) is 18.7 Å². The van der Waals surface area contributed by atoms with E-state index in [9.17, 15) is 9.90 Å². The first kappa shape index (κ1) is 17.4. The van der Waals surface area contributed by atoms with Gasteiger partial charge in [-0.3, -0.25) is 0 Å². The van der Waals surface area contributed by atoms with Crippen LogP contribution in [0.4, 0.5) is 4.79 Å². The molecule has 3 N–H and O–H groups in total. The second-order valence-electron chi connectivity index (χ2n) is 5.48. The molecule has 2 rings (SSSR count). The van der Waals surface area contributed by atoms with Crippen LogP contribution in [0.15, 0.2) is 30.5 Å². The van der Waals surface area contributed by atoms with Gasteiger partial charge in [0.1, 0.15) is 5.01 Å². The van der Waals surface area contributed by atoms with Crippen LogP contribution >= 0.6 is 11.3 Å². The molecule has 0 fully saturated rings. The summed E-state index contributed by atoms with van der Waals surface area (Å²) in [6.45, 7) is 5.81. The number of aliphatic hydroxyl groups excluding tert-OH is 1. The minimum absolute atomic E-state index is 0.149. The molecular formula is C17H23N3O2S. The Labute approximate surface area is 140 Å². The minimum Gasteiger partial charge on any atom is -0.394 e. The van der Waals surface area contributed by atoms with Crippen LogP contribution in [0.3, 0.4) is 0 Å². The van der Waals surface area contributed by atoms with Gasteiger partial charge in [-0.25, -0.2) is 9.78 Å². The van der Waals surface area contributed by atoms with E-state index in [1.165, 1.54) is 5.56 Å². The number of aryl methyl sites for hydroxylation is 2.